The van der Waals surface area contributed by atoms with Crippen molar-refractivity contribution in [2.75, 3.05) is 40.0 Å². The van der Waals surface area contributed by atoms with Crippen molar-refractivity contribution in [3.8, 4) is 5.75 Å². The van der Waals surface area contributed by atoms with Crippen molar-refractivity contribution in [3.63, 3.8) is 0 Å². The molecule has 0 aliphatic carbocycles. The Morgan fingerprint density at radius 2 is 2.26 bits per heavy atom. The third-order valence-corrected chi connectivity index (χ3v) is 4.04. The Morgan fingerprint density at radius 3 is 3.00 bits per heavy atom. The minimum absolute atomic E-state index is 0.257. The van der Waals surface area contributed by atoms with Gasteiger partial charge in [0, 0.05) is 33.4 Å². The standard InChI is InChI=1S/C19H29F2N3O3/c1-22-19(23-8-4-9-25-13-17-7-3-10-26-17)24-12-15-5-2-6-16(11-15)27-14-18(20)21/h2,5-6,11,17-18H,3-4,7-10,12-14H2,1H3,(H2,22,23,24). The molecule has 0 spiro atoms. The average molecular weight is 385 g/mol. The summed E-state index contributed by atoms with van der Waals surface area (Å²) < 4.78 is 40.6. The van der Waals surface area contributed by atoms with Crippen LogP contribution in [-0.4, -0.2) is 58.5 Å². The Bertz CT molecular complexity index is 567. The summed E-state index contributed by atoms with van der Waals surface area (Å²) in [6.45, 7) is 2.84. The molecule has 1 unspecified atom stereocenters. The lowest BCUT2D eigenvalue weighted by Gasteiger charge is -2.13. The zero-order valence-electron chi connectivity index (χ0n) is 15.8. The van der Waals surface area contributed by atoms with Gasteiger partial charge >= 0.3 is 0 Å². The first-order valence-corrected chi connectivity index (χ1v) is 9.31. The zero-order chi connectivity index (χ0) is 19.3. The molecule has 2 rings (SSSR count). The first-order chi connectivity index (χ1) is 13.2. The van der Waals surface area contributed by atoms with Gasteiger partial charge in [-0.15, -0.1) is 0 Å². The van der Waals surface area contributed by atoms with E-state index in [9.17, 15) is 8.78 Å². The molecule has 1 aliphatic heterocycles. The number of guanidine groups is 1. The van der Waals surface area contributed by atoms with Gasteiger partial charge in [-0.2, -0.15) is 0 Å². The van der Waals surface area contributed by atoms with E-state index in [1.807, 2.05) is 6.07 Å². The fraction of sp³-hybridized carbons (Fsp3) is 0.632. The molecule has 1 saturated heterocycles. The number of benzene rings is 1. The van der Waals surface area contributed by atoms with Crippen molar-refractivity contribution < 1.29 is 23.0 Å². The van der Waals surface area contributed by atoms with Crippen LogP contribution in [0.25, 0.3) is 0 Å². The van der Waals surface area contributed by atoms with E-state index in [0.717, 1.165) is 38.0 Å². The zero-order valence-corrected chi connectivity index (χ0v) is 15.8. The molecule has 0 amide bonds. The predicted octanol–water partition coefficient (Wildman–Crippen LogP) is 2.58. The van der Waals surface area contributed by atoms with Crippen molar-refractivity contribution in [1.82, 2.24) is 10.6 Å². The second kappa shape index (κ2) is 12.5. The normalized spacial score (nSPS) is 17.3. The molecule has 0 saturated carbocycles. The maximum absolute atomic E-state index is 12.2. The van der Waals surface area contributed by atoms with Crippen LogP contribution in [0.1, 0.15) is 24.8 Å². The molecule has 6 nitrogen and oxygen atoms in total. The van der Waals surface area contributed by atoms with Crippen molar-refractivity contribution in [1.29, 1.82) is 0 Å². The number of halogens is 2. The lowest BCUT2D eigenvalue weighted by atomic mass is 10.2. The maximum Gasteiger partial charge on any atom is 0.272 e. The number of aliphatic imine (C=N–C) groups is 1. The quantitative estimate of drug-likeness (QED) is 0.348. The molecule has 1 aromatic rings. The number of hydrogen-bond donors (Lipinski definition) is 2. The van der Waals surface area contributed by atoms with Crippen LogP contribution in [0.4, 0.5) is 8.78 Å². The lowest BCUT2D eigenvalue weighted by Crippen LogP contribution is -2.37. The molecule has 8 heteroatoms. The molecular formula is C19H29F2N3O3. The topological polar surface area (TPSA) is 64.1 Å². The molecule has 1 aromatic carbocycles. The molecule has 1 heterocycles. The van der Waals surface area contributed by atoms with Gasteiger partial charge in [-0.1, -0.05) is 12.1 Å². The Balaban J connectivity index is 1.60. The number of alkyl halides is 2. The van der Waals surface area contributed by atoms with E-state index in [0.29, 0.717) is 31.5 Å². The largest absolute Gasteiger partial charge is 0.488 e. The predicted molar refractivity (Wildman–Crippen MR) is 101 cm³/mol. The van der Waals surface area contributed by atoms with E-state index >= 15 is 0 Å². The number of rotatable bonds is 11. The first kappa shape index (κ1) is 21.4. The van der Waals surface area contributed by atoms with Gasteiger partial charge in [-0.3, -0.25) is 4.99 Å². The number of hydrogen-bond acceptors (Lipinski definition) is 4. The summed E-state index contributed by atoms with van der Waals surface area (Å²) in [6, 6.07) is 7.07. The monoisotopic (exact) mass is 385 g/mol. The molecule has 27 heavy (non-hydrogen) atoms. The van der Waals surface area contributed by atoms with Crippen molar-refractivity contribution >= 4 is 5.96 Å². The maximum atomic E-state index is 12.2. The van der Waals surface area contributed by atoms with E-state index in [-0.39, 0.29) is 6.10 Å². The number of nitrogens with one attached hydrogen (secondary N) is 2. The summed E-state index contributed by atoms with van der Waals surface area (Å²) >= 11 is 0. The van der Waals surface area contributed by atoms with Gasteiger partial charge in [-0.25, -0.2) is 8.78 Å². The highest BCUT2D eigenvalue weighted by molar-refractivity contribution is 5.79. The van der Waals surface area contributed by atoms with Gasteiger partial charge in [0.25, 0.3) is 6.43 Å². The number of ether oxygens (including phenoxy) is 3. The Kier molecular flexibility index (Phi) is 9.86. The van der Waals surface area contributed by atoms with Crippen LogP contribution in [0.2, 0.25) is 0 Å². The minimum atomic E-state index is -2.48. The Hall–Kier alpha value is -1.93. The van der Waals surface area contributed by atoms with Gasteiger partial charge in [0.05, 0.1) is 12.7 Å². The molecule has 1 aliphatic rings. The highest BCUT2D eigenvalue weighted by Gasteiger charge is 2.14. The molecule has 1 atom stereocenters. The molecule has 0 aromatic heterocycles. The summed E-state index contributed by atoms with van der Waals surface area (Å²) in [6.07, 6.45) is 0.851. The van der Waals surface area contributed by atoms with Crippen molar-refractivity contribution in [2.45, 2.75) is 38.3 Å². The smallest absolute Gasteiger partial charge is 0.272 e. The first-order valence-electron chi connectivity index (χ1n) is 9.31. The van der Waals surface area contributed by atoms with E-state index < -0.39 is 13.0 Å². The Morgan fingerprint density at radius 1 is 1.37 bits per heavy atom. The molecule has 1 fully saturated rings. The summed E-state index contributed by atoms with van der Waals surface area (Å²) in [5, 5.41) is 6.41. The van der Waals surface area contributed by atoms with Crippen LogP contribution in [0.3, 0.4) is 0 Å². The number of nitrogens with zero attached hydrogens (tertiary/aromatic N) is 1. The van der Waals surface area contributed by atoms with Crippen LogP contribution in [0.15, 0.2) is 29.3 Å². The van der Waals surface area contributed by atoms with E-state index in [1.165, 1.54) is 0 Å². The van der Waals surface area contributed by atoms with Crippen LogP contribution < -0.4 is 15.4 Å². The van der Waals surface area contributed by atoms with Gasteiger partial charge in [-0.05, 0) is 37.0 Å². The van der Waals surface area contributed by atoms with E-state index in [2.05, 4.69) is 15.6 Å². The summed E-state index contributed by atoms with van der Waals surface area (Å²) in [7, 11) is 1.70. The SMILES string of the molecule is CN=C(NCCCOCC1CCCO1)NCc1cccc(OCC(F)F)c1. The third kappa shape index (κ3) is 9.01. The van der Waals surface area contributed by atoms with Crippen LogP contribution >= 0.6 is 0 Å². The minimum Gasteiger partial charge on any atom is -0.488 e. The van der Waals surface area contributed by atoms with E-state index in [1.54, 1.807) is 25.2 Å². The van der Waals surface area contributed by atoms with E-state index in [4.69, 9.17) is 14.2 Å². The lowest BCUT2D eigenvalue weighted by molar-refractivity contribution is 0.0168. The summed E-state index contributed by atoms with van der Waals surface area (Å²) in [4.78, 5) is 4.17. The molecular weight excluding hydrogens is 356 g/mol. The van der Waals surface area contributed by atoms with Crippen molar-refractivity contribution in [3.05, 3.63) is 29.8 Å². The van der Waals surface area contributed by atoms with Gasteiger partial charge < -0.3 is 24.8 Å². The van der Waals surface area contributed by atoms with Gasteiger partial charge in [0.15, 0.2) is 5.96 Å². The fourth-order valence-corrected chi connectivity index (χ4v) is 2.68. The van der Waals surface area contributed by atoms with Gasteiger partial charge in [0.2, 0.25) is 0 Å². The fourth-order valence-electron chi connectivity index (χ4n) is 2.68. The van der Waals surface area contributed by atoms with Crippen LogP contribution in [0.5, 0.6) is 5.75 Å². The summed E-state index contributed by atoms with van der Waals surface area (Å²) in [5.41, 5.74) is 0.921. The third-order valence-electron chi connectivity index (χ3n) is 4.04. The van der Waals surface area contributed by atoms with Crippen molar-refractivity contribution in [2.24, 2.45) is 4.99 Å². The molecule has 2 N–H and O–H groups in total. The molecule has 0 bridgehead atoms. The average Bonchev–Trinajstić information content (AvgIpc) is 3.19. The van der Waals surface area contributed by atoms with Gasteiger partial charge in [0.1, 0.15) is 12.4 Å². The molecule has 152 valence electrons. The second-order valence-electron chi connectivity index (χ2n) is 6.27. The molecule has 0 radical (unpaired) electrons. The summed E-state index contributed by atoms with van der Waals surface area (Å²) in [5.74, 6) is 1.11. The highest BCUT2D eigenvalue weighted by Crippen LogP contribution is 2.14. The second-order valence-corrected chi connectivity index (χ2v) is 6.27. The highest BCUT2D eigenvalue weighted by atomic mass is 19.3. The van der Waals surface area contributed by atoms with Crippen LogP contribution in [-0.2, 0) is 16.0 Å². The van der Waals surface area contributed by atoms with Crippen LogP contribution in [0, 0.1) is 0 Å². The Labute approximate surface area is 159 Å².